The van der Waals surface area contributed by atoms with Crippen LogP contribution < -0.4 is 11.1 Å². The number of hydrogen-bond donors (Lipinski definition) is 3. The van der Waals surface area contributed by atoms with E-state index >= 15 is 0 Å². The third kappa shape index (κ3) is 3.62. The molecule has 1 aromatic carbocycles. The van der Waals surface area contributed by atoms with Gasteiger partial charge < -0.3 is 20.6 Å². The summed E-state index contributed by atoms with van der Waals surface area (Å²) in [7, 11) is 0. The standard InChI is InChI=1S/C25H18ClFN8O2/c1-25(18-9-17(36)14(26)10-30-18)19-20(28)32-21(33-22(19)34-24(25)37)16-11-35-7-6-29-23(35)15(31-16)8-12-2-4-13(27)5-3-12/h2-7,9-11H,8H2,1H3,(H,30,36)(H3,28,32,33,34,37)/t25-/m0/s1. The van der Waals surface area contributed by atoms with Crippen LogP contribution in [0.15, 0.2) is 55.1 Å². The maximum Gasteiger partial charge on any atom is 0.242 e. The number of anilines is 2. The summed E-state index contributed by atoms with van der Waals surface area (Å²) in [4.78, 5) is 35.5. The van der Waals surface area contributed by atoms with Gasteiger partial charge in [-0.1, -0.05) is 23.7 Å². The van der Waals surface area contributed by atoms with Gasteiger partial charge in [-0.25, -0.2) is 24.3 Å². The molecule has 10 nitrogen and oxygen atoms in total. The minimum absolute atomic E-state index is 0.0583. The summed E-state index contributed by atoms with van der Waals surface area (Å²) in [5.74, 6) is -0.481. The van der Waals surface area contributed by atoms with Crippen molar-refractivity contribution >= 4 is 34.8 Å². The number of pyridine rings is 1. The molecule has 4 aromatic heterocycles. The highest BCUT2D eigenvalue weighted by Crippen LogP contribution is 2.45. The summed E-state index contributed by atoms with van der Waals surface area (Å²) in [5, 5.41) is 12.9. The van der Waals surface area contributed by atoms with Crippen molar-refractivity contribution in [2.45, 2.75) is 18.8 Å². The zero-order valence-corrected chi connectivity index (χ0v) is 20.0. The van der Waals surface area contributed by atoms with E-state index in [0.717, 1.165) is 5.56 Å². The molecule has 5 heterocycles. The number of aromatic hydroxyl groups is 1. The lowest BCUT2D eigenvalue weighted by molar-refractivity contribution is -0.119. The molecule has 1 amide bonds. The molecule has 184 valence electrons. The Bertz CT molecular complexity index is 1720. The van der Waals surface area contributed by atoms with E-state index in [1.54, 1.807) is 42.0 Å². The average Bonchev–Trinajstić information content (AvgIpc) is 3.45. The van der Waals surface area contributed by atoms with Crippen LogP contribution >= 0.6 is 11.6 Å². The Morgan fingerprint density at radius 1 is 1.19 bits per heavy atom. The van der Waals surface area contributed by atoms with Crippen LogP contribution in [0.25, 0.3) is 17.2 Å². The fourth-order valence-corrected chi connectivity index (χ4v) is 4.59. The van der Waals surface area contributed by atoms with Crippen LogP contribution in [0.3, 0.4) is 0 Å². The highest BCUT2D eigenvalue weighted by atomic mass is 35.5. The number of fused-ring (bicyclic) bond motifs is 2. The molecule has 1 atom stereocenters. The molecule has 1 aliphatic rings. The van der Waals surface area contributed by atoms with E-state index in [0.29, 0.717) is 29.0 Å². The van der Waals surface area contributed by atoms with Crippen molar-refractivity contribution in [3.05, 3.63) is 88.5 Å². The Morgan fingerprint density at radius 2 is 1.97 bits per heavy atom. The predicted octanol–water partition coefficient (Wildman–Crippen LogP) is 3.51. The Kier molecular flexibility index (Phi) is 5.06. The van der Waals surface area contributed by atoms with Crippen LogP contribution in [-0.2, 0) is 16.6 Å². The van der Waals surface area contributed by atoms with Gasteiger partial charge in [0.15, 0.2) is 11.5 Å². The van der Waals surface area contributed by atoms with E-state index in [1.807, 2.05) is 0 Å². The lowest BCUT2D eigenvalue weighted by atomic mass is 9.80. The number of nitrogens with zero attached hydrogens (tertiary/aromatic N) is 6. The maximum atomic E-state index is 13.4. The number of nitrogen functional groups attached to an aromatic ring is 1. The molecule has 37 heavy (non-hydrogen) atoms. The van der Waals surface area contributed by atoms with E-state index in [9.17, 15) is 14.3 Å². The van der Waals surface area contributed by atoms with E-state index in [2.05, 4.69) is 25.3 Å². The Hall–Kier alpha value is -4.64. The molecule has 1 aliphatic heterocycles. The lowest BCUT2D eigenvalue weighted by Gasteiger charge is -2.22. The summed E-state index contributed by atoms with van der Waals surface area (Å²) in [5.41, 5.74) is 8.14. The number of nitrogens with one attached hydrogen (secondary N) is 1. The minimum Gasteiger partial charge on any atom is -0.506 e. The molecule has 5 aromatic rings. The van der Waals surface area contributed by atoms with Crippen molar-refractivity contribution in [3.63, 3.8) is 0 Å². The van der Waals surface area contributed by atoms with Crippen LogP contribution in [0.5, 0.6) is 5.75 Å². The summed E-state index contributed by atoms with van der Waals surface area (Å²) < 4.78 is 15.2. The number of nitrogens with two attached hydrogens (primary N) is 1. The monoisotopic (exact) mass is 516 g/mol. The second-order valence-electron chi connectivity index (χ2n) is 8.79. The molecule has 0 saturated carbocycles. The molecule has 0 bridgehead atoms. The highest BCUT2D eigenvalue weighted by molar-refractivity contribution is 6.31. The molecular formula is C25H18ClFN8O2. The smallest absolute Gasteiger partial charge is 0.242 e. The molecule has 0 saturated heterocycles. The molecule has 0 unspecified atom stereocenters. The quantitative estimate of drug-likeness (QED) is 0.329. The third-order valence-corrected chi connectivity index (χ3v) is 6.72. The summed E-state index contributed by atoms with van der Waals surface area (Å²) >= 11 is 5.90. The van der Waals surface area contributed by atoms with Crippen molar-refractivity contribution in [2.75, 3.05) is 11.1 Å². The summed E-state index contributed by atoms with van der Waals surface area (Å²) in [6.07, 6.45) is 6.79. The van der Waals surface area contributed by atoms with Gasteiger partial charge in [0.2, 0.25) is 5.91 Å². The molecule has 0 fully saturated rings. The van der Waals surface area contributed by atoms with Gasteiger partial charge in [0.05, 0.1) is 17.0 Å². The second-order valence-corrected chi connectivity index (χ2v) is 9.20. The summed E-state index contributed by atoms with van der Waals surface area (Å²) in [6.45, 7) is 1.62. The number of amides is 1. The predicted molar refractivity (Wildman–Crippen MR) is 134 cm³/mol. The average molecular weight is 517 g/mol. The Morgan fingerprint density at radius 3 is 2.73 bits per heavy atom. The van der Waals surface area contributed by atoms with E-state index in [1.165, 1.54) is 24.4 Å². The first-order valence-electron chi connectivity index (χ1n) is 11.2. The largest absolute Gasteiger partial charge is 0.506 e. The van der Waals surface area contributed by atoms with Crippen molar-refractivity contribution in [3.8, 4) is 17.3 Å². The van der Waals surface area contributed by atoms with Crippen LogP contribution in [0, 0.1) is 5.82 Å². The number of aromatic nitrogens is 6. The third-order valence-electron chi connectivity index (χ3n) is 6.43. The van der Waals surface area contributed by atoms with Gasteiger partial charge in [-0.05, 0) is 24.6 Å². The molecule has 0 spiro atoms. The summed E-state index contributed by atoms with van der Waals surface area (Å²) in [6, 6.07) is 7.47. The first-order valence-corrected chi connectivity index (χ1v) is 11.5. The zero-order chi connectivity index (χ0) is 25.9. The maximum absolute atomic E-state index is 13.4. The second kappa shape index (κ2) is 8.20. The van der Waals surface area contributed by atoms with Crippen LogP contribution in [-0.4, -0.2) is 40.3 Å². The Balaban J connectivity index is 1.45. The highest BCUT2D eigenvalue weighted by Gasteiger charge is 2.49. The number of imidazole rings is 1. The van der Waals surface area contributed by atoms with Crippen molar-refractivity contribution in [1.82, 2.24) is 29.3 Å². The van der Waals surface area contributed by atoms with Crippen LogP contribution in [0.2, 0.25) is 5.02 Å². The van der Waals surface area contributed by atoms with Gasteiger partial charge in [-0.2, -0.15) is 0 Å². The van der Waals surface area contributed by atoms with Crippen molar-refractivity contribution in [1.29, 1.82) is 0 Å². The number of rotatable bonds is 4. The first kappa shape index (κ1) is 22.8. The molecule has 4 N–H and O–H groups in total. The zero-order valence-electron chi connectivity index (χ0n) is 19.3. The van der Waals surface area contributed by atoms with Gasteiger partial charge >= 0.3 is 0 Å². The number of carbonyl (C=O) groups is 1. The number of carbonyl (C=O) groups excluding carboxylic acids is 1. The van der Waals surface area contributed by atoms with E-state index in [4.69, 9.17) is 22.3 Å². The van der Waals surface area contributed by atoms with Crippen LogP contribution in [0.4, 0.5) is 16.0 Å². The first-order chi connectivity index (χ1) is 17.7. The van der Waals surface area contributed by atoms with E-state index < -0.39 is 11.3 Å². The Labute approximate surface area is 214 Å². The normalized spacial score (nSPS) is 16.7. The number of hydrogen-bond acceptors (Lipinski definition) is 8. The minimum atomic E-state index is -1.35. The van der Waals surface area contributed by atoms with E-state index in [-0.39, 0.29) is 39.7 Å². The van der Waals surface area contributed by atoms with Crippen LogP contribution in [0.1, 0.15) is 29.4 Å². The fraction of sp³-hybridized carbons (Fsp3) is 0.120. The molecule has 6 rings (SSSR count). The van der Waals surface area contributed by atoms with Crippen molar-refractivity contribution in [2.24, 2.45) is 0 Å². The van der Waals surface area contributed by atoms with Gasteiger partial charge in [-0.15, -0.1) is 0 Å². The molecule has 12 heteroatoms. The van der Waals surface area contributed by atoms with Gasteiger partial charge in [0.1, 0.15) is 39.3 Å². The number of benzene rings is 1. The topological polar surface area (TPSA) is 144 Å². The number of halogens is 2. The molecule has 0 aliphatic carbocycles. The van der Waals surface area contributed by atoms with Gasteiger partial charge in [0, 0.05) is 37.3 Å². The fourth-order valence-electron chi connectivity index (χ4n) is 4.49. The van der Waals surface area contributed by atoms with Gasteiger partial charge in [-0.3, -0.25) is 9.78 Å². The lowest BCUT2D eigenvalue weighted by Crippen LogP contribution is -2.33. The van der Waals surface area contributed by atoms with Crippen molar-refractivity contribution < 1.29 is 14.3 Å². The molecule has 0 radical (unpaired) electrons. The molecular weight excluding hydrogens is 499 g/mol. The van der Waals surface area contributed by atoms with Gasteiger partial charge in [0.25, 0.3) is 0 Å². The SMILES string of the molecule is C[C@@]1(c2cc(O)c(Cl)cn2)C(=O)Nc2nc(-c3cn4ccnc4c(Cc4ccc(F)cc4)n3)nc(N)c21.